The number of carbonyl (C=O) groups excluding carboxylic acids is 3. The van der Waals surface area contributed by atoms with Crippen molar-refractivity contribution in [2.24, 2.45) is 0 Å². The van der Waals surface area contributed by atoms with Gasteiger partial charge < -0.3 is 10.6 Å². The molecule has 1 aliphatic rings. The molecule has 0 saturated carbocycles. The molecule has 1 saturated heterocycles. The van der Waals surface area contributed by atoms with Gasteiger partial charge in [-0.05, 0) is 50.6 Å². The molecule has 4 amide bonds. The van der Waals surface area contributed by atoms with Gasteiger partial charge in [-0.3, -0.25) is 24.6 Å². The van der Waals surface area contributed by atoms with Crippen LogP contribution in [0.25, 0.3) is 5.69 Å². The number of benzene rings is 2. The lowest BCUT2D eigenvalue weighted by molar-refractivity contribution is -0.384. The van der Waals surface area contributed by atoms with Crippen molar-refractivity contribution >= 4 is 29.2 Å². The number of urea groups is 1. The molecule has 2 heterocycles. The van der Waals surface area contributed by atoms with Crippen LogP contribution in [0, 0.1) is 24.0 Å². The largest absolute Gasteiger partial charge is 0.325 e. The number of non-ortho nitro benzene ring substituents is 1. The second-order valence-electron chi connectivity index (χ2n) is 8.09. The molecule has 0 spiro atoms. The van der Waals surface area contributed by atoms with Crippen LogP contribution in [-0.4, -0.2) is 44.0 Å². The molecule has 11 heteroatoms. The minimum Gasteiger partial charge on any atom is -0.321 e. The Bertz CT molecular complexity index is 1300. The topological polar surface area (TPSA) is 139 Å². The number of anilines is 1. The quantitative estimate of drug-likeness (QED) is 0.328. The van der Waals surface area contributed by atoms with Crippen molar-refractivity contribution in [3.05, 3.63) is 81.7 Å². The van der Waals surface area contributed by atoms with Gasteiger partial charge in [0.05, 0.1) is 27.7 Å². The number of aromatic nitrogens is 2. The van der Waals surface area contributed by atoms with Gasteiger partial charge in [0.15, 0.2) is 0 Å². The van der Waals surface area contributed by atoms with Gasteiger partial charge in [-0.25, -0.2) is 9.48 Å². The molecule has 1 unspecified atom stereocenters. The highest BCUT2D eigenvalue weighted by atomic mass is 16.6. The first-order valence-corrected chi connectivity index (χ1v) is 10.4. The van der Waals surface area contributed by atoms with Crippen molar-refractivity contribution in [1.29, 1.82) is 0 Å². The van der Waals surface area contributed by atoms with Gasteiger partial charge in [0.2, 0.25) is 5.91 Å². The van der Waals surface area contributed by atoms with E-state index in [1.807, 2.05) is 37.3 Å². The number of aryl methyl sites for hydroxylation is 1. The summed E-state index contributed by atoms with van der Waals surface area (Å²) in [5, 5.41) is 20.7. The SMILES string of the molecule is Cc1nn(-c2ccccc2)c(C)c1NC(=O)CN1C(=O)NC(C)(c2ccc([N+](=O)[O-])cc2)C1=O. The molecular formula is C23H22N6O5. The van der Waals surface area contributed by atoms with Crippen LogP contribution in [0.4, 0.5) is 16.2 Å². The van der Waals surface area contributed by atoms with E-state index in [0.29, 0.717) is 22.6 Å². The second kappa shape index (κ2) is 8.43. The van der Waals surface area contributed by atoms with E-state index in [4.69, 9.17) is 0 Å². The lowest BCUT2D eigenvalue weighted by atomic mass is 9.92. The van der Waals surface area contributed by atoms with E-state index >= 15 is 0 Å². The number of rotatable bonds is 6. The van der Waals surface area contributed by atoms with Crippen molar-refractivity contribution < 1.29 is 19.3 Å². The van der Waals surface area contributed by atoms with Crippen LogP contribution in [0.3, 0.4) is 0 Å². The first kappa shape index (κ1) is 22.6. The van der Waals surface area contributed by atoms with Crippen LogP contribution in [0.1, 0.15) is 23.9 Å². The summed E-state index contributed by atoms with van der Waals surface area (Å²) >= 11 is 0. The molecule has 1 aromatic heterocycles. The Balaban J connectivity index is 1.51. The molecule has 1 fully saturated rings. The van der Waals surface area contributed by atoms with E-state index in [1.54, 1.807) is 11.6 Å². The normalized spacial score (nSPS) is 17.6. The molecule has 174 valence electrons. The molecule has 2 N–H and O–H groups in total. The van der Waals surface area contributed by atoms with Gasteiger partial charge in [0, 0.05) is 12.1 Å². The highest BCUT2D eigenvalue weighted by molar-refractivity contribution is 6.10. The lowest BCUT2D eigenvalue weighted by Gasteiger charge is -2.22. The third-order valence-corrected chi connectivity index (χ3v) is 5.79. The molecule has 1 aliphatic heterocycles. The Kier molecular flexibility index (Phi) is 5.61. The number of amides is 4. The van der Waals surface area contributed by atoms with Gasteiger partial charge in [-0.1, -0.05) is 18.2 Å². The minimum absolute atomic E-state index is 0.137. The molecular weight excluding hydrogens is 440 g/mol. The van der Waals surface area contributed by atoms with Crippen molar-refractivity contribution in [1.82, 2.24) is 20.0 Å². The predicted molar refractivity (Wildman–Crippen MR) is 122 cm³/mol. The maximum absolute atomic E-state index is 13.1. The van der Waals surface area contributed by atoms with Crippen molar-refractivity contribution in [3.63, 3.8) is 0 Å². The summed E-state index contributed by atoms with van der Waals surface area (Å²) < 4.78 is 1.70. The third kappa shape index (κ3) is 3.87. The van der Waals surface area contributed by atoms with Gasteiger partial charge >= 0.3 is 6.03 Å². The fourth-order valence-corrected chi connectivity index (χ4v) is 3.92. The average molecular weight is 462 g/mol. The van der Waals surface area contributed by atoms with Crippen molar-refractivity contribution in [2.75, 3.05) is 11.9 Å². The summed E-state index contributed by atoms with van der Waals surface area (Å²) in [4.78, 5) is 49.6. The van der Waals surface area contributed by atoms with Crippen molar-refractivity contribution in [2.45, 2.75) is 26.3 Å². The van der Waals surface area contributed by atoms with Gasteiger partial charge in [-0.15, -0.1) is 0 Å². The van der Waals surface area contributed by atoms with Crippen LogP contribution < -0.4 is 10.6 Å². The average Bonchev–Trinajstić information content (AvgIpc) is 3.22. The molecule has 34 heavy (non-hydrogen) atoms. The summed E-state index contributed by atoms with van der Waals surface area (Å²) in [6, 6.07) is 14.0. The number of imide groups is 1. The fraction of sp³-hybridized carbons (Fsp3) is 0.217. The zero-order valence-electron chi connectivity index (χ0n) is 18.7. The van der Waals surface area contributed by atoms with E-state index in [9.17, 15) is 24.5 Å². The number of hydrogen-bond acceptors (Lipinski definition) is 6. The lowest BCUT2D eigenvalue weighted by Crippen LogP contribution is -2.42. The minimum atomic E-state index is -1.45. The third-order valence-electron chi connectivity index (χ3n) is 5.79. The Morgan fingerprint density at radius 1 is 1.12 bits per heavy atom. The maximum atomic E-state index is 13.1. The summed E-state index contributed by atoms with van der Waals surface area (Å²) in [7, 11) is 0. The second-order valence-corrected chi connectivity index (χ2v) is 8.09. The van der Waals surface area contributed by atoms with E-state index in [2.05, 4.69) is 15.7 Å². The zero-order valence-corrected chi connectivity index (χ0v) is 18.7. The molecule has 0 bridgehead atoms. The fourth-order valence-electron chi connectivity index (χ4n) is 3.92. The first-order chi connectivity index (χ1) is 16.1. The van der Waals surface area contributed by atoms with E-state index in [0.717, 1.165) is 10.6 Å². The maximum Gasteiger partial charge on any atom is 0.325 e. The van der Waals surface area contributed by atoms with E-state index in [1.165, 1.54) is 31.2 Å². The Labute approximate surface area is 194 Å². The van der Waals surface area contributed by atoms with E-state index < -0.39 is 34.9 Å². The van der Waals surface area contributed by atoms with Crippen molar-refractivity contribution in [3.8, 4) is 5.69 Å². The van der Waals surface area contributed by atoms with E-state index in [-0.39, 0.29) is 5.69 Å². The number of carbonyl (C=O) groups is 3. The van der Waals surface area contributed by atoms with Crippen LogP contribution in [0.15, 0.2) is 54.6 Å². The summed E-state index contributed by atoms with van der Waals surface area (Å²) in [5.41, 5.74) is 1.40. The molecule has 3 aromatic rings. The number of nitrogens with one attached hydrogen (secondary N) is 2. The Hall–Kier alpha value is -4.54. The number of nitro benzene ring substituents is 1. The molecule has 2 aromatic carbocycles. The number of para-hydroxylation sites is 1. The highest BCUT2D eigenvalue weighted by Gasteiger charge is 2.49. The Morgan fingerprint density at radius 2 is 1.76 bits per heavy atom. The van der Waals surface area contributed by atoms with Crippen LogP contribution >= 0.6 is 0 Å². The molecule has 1 atom stereocenters. The smallest absolute Gasteiger partial charge is 0.321 e. The van der Waals surface area contributed by atoms with Gasteiger partial charge in [0.1, 0.15) is 12.1 Å². The Morgan fingerprint density at radius 3 is 2.38 bits per heavy atom. The predicted octanol–water partition coefficient (Wildman–Crippen LogP) is 2.80. The first-order valence-electron chi connectivity index (χ1n) is 10.4. The summed E-state index contributed by atoms with van der Waals surface area (Å²) in [6.07, 6.45) is 0. The number of nitro groups is 1. The van der Waals surface area contributed by atoms with Gasteiger partial charge in [0.25, 0.3) is 11.6 Å². The summed E-state index contributed by atoms with van der Waals surface area (Å²) in [5.74, 6) is -1.19. The molecule has 0 aliphatic carbocycles. The molecule has 0 radical (unpaired) electrons. The summed E-state index contributed by atoms with van der Waals surface area (Å²) in [6.45, 7) is 4.55. The van der Waals surface area contributed by atoms with Crippen LogP contribution in [0.5, 0.6) is 0 Å². The number of hydrogen-bond donors (Lipinski definition) is 2. The van der Waals surface area contributed by atoms with Crippen LogP contribution in [-0.2, 0) is 15.1 Å². The number of nitrogens with zero attached hydrogens (tertiary/aromatic N) is 4. The van der Waals surface area contributed by atoms with Crippen LogP contribution in [0.2, 0.25) is 0 Å². The monoisotopic (exact) mass is 462 g/mol. The molecule has 11 nitrogen and oxygen atoms in total. The highest BCUT2D eigenvalue weighted by Crippen LogP contribution is 2.30. The zero-order chi connectivity index (χ0) is 24.6. The molecule has 4 rings (SSSR count). The standard InChI is InChI=1S/C23H22N6O5/c1-14-20(15(2)28(26-14)17-7-5-4-6-8-17)24-19(30)13-27-21(31)23(3,25-22(27)32)16-9-11-18(12-10-16)29(33)34/h4-12H,13H2,1-3H3,(H,24,30)(H,25,32). The van der Waals surface area contributed by atoms with Gasteiger partial charge in [-0.2, -0.15) is 5.10 Å².